The van der Waals surface area contributed by atoms with E-state index in [9.17, 15) is 5.11 Å². The number of hydrogen-bond acceptors (Lipinski definition) is 5. The zero-order valence-corrected chi connectivity index (χ0v) is 15.6. The molecule has 2 saturated heterocycles. The Balaban J connectivity index is 1.49. The maximum absolute atomic E-state index is 10.4. The molecule has 0 radical (unpaired) electrons. The smallest absolute Gasteiger partial charge is 0.176 e. The van der Waals surface area contributed by atoms with Crippen molar-refractivity contribution in [3.8, 4) is 0 Å². The Morgan fingerprint density at radius 1 is 0.760 bits per heavy atom. The predicted octanol–water partition coefficient (Wildman–Crippen LogP) is 2.71. The molecule has 142 valence electrons. The molecule has 2 heterocycles. The van der Waals surface area contributed by atoms with Gasteiger partial charge in [0.2, 0.25) is 0 Å². The second kappa shape index (κ2) is 5.41. The van der Waals surface area contributed by atoms with E-state index in [4.69, 9.17) is 18.9 Å². The van der Waals surface area contributed by atoms with Gasteiger partial charge in [0, 0.05) is 23.7 Å². The summed E-state index contributed by atoms with van der Waals surface area (Å²) in [5.74, 6) is 0.718. The third kappa shape index (κ3) is 1.92. The molecular weight excluding hydrogens is 320 g/mol. The topological polar surface area (TPSA) is 57.2 Å². The summed E-state index contributed by atoms with van der Waals surface area (Å²) in [5.41, 5.74) is -0.218. The first-order valence-electron chi connectivity index (χ1n) is 10.2. The fourth-order valence-corrected chi connectivity index (χ4v) is 7.46. The Morgan fingerprint density at radius 2 is 1.32 bits per heavy atom. The summed E-state index contributed by atoms with van der Waals surface area (Å²) in [6.45, 7) is 7.50. The van der Waals surface area contributed by atoms with Crippen LogP contribution in [0.2, 0.25) is 0 Å². The van der Waals surface area contributed by atoms with Gasteiger partial charge in [0.05, 0.1) is 33.0 Å². The Hall–Kier alpha value is -0.200. The maximum Gasteiger partial charge on any atom is 0.176 e. The first-order chi connectivity index (χ1) is 12.0. The summed E-state index contributed by atoms with van der Waals surface area (Å²) >= 11 is 0. The third-order valence-corrected chi connectivity index (χ3v) is 8.81. The molecule has 2 aliphatic heterocycles. The van der Waals surface area contributed by atoms with Crippen LogP contribution in [0.15, 0.2) is 0 Å². The highest BCUT2D eigenvalue weighted by molar-refractivity contribution is 5.14. The minimum Gasteiger partial charge on any atom is -0.396 e. The molecule has 1 N–H and O–H groups in total. The molecule has 0 aromatic carbocycles. The Bertz CT molecular complexity index is 538. The maximum atomic E-state index is 10.4. The highest BCUT2D eigenvalue weighted by Gasteiger charge is 2.70. The predicted molar refractivity (Wildman–Crippen MR) is 90.7 cm³/mol. The van der Waals surface area contributed by atoms with Crippen LogP contribution in [-0.2, 0) is 18.9 Å². The molecule has 5 fully saturated rings. The van der Waals surface area contributed by atoms with E-state index in [1.807, 2.05) is 0 Å². The van der Waals surface area contributed by atoms with Gasteiger partial charge in [-0.3, -0.25) is 0 Å². The van der Waals surface area contributed by atoms with Gasteiger partial charge in [-0.15, -0.1) is 0 Å². The van der Waals surface area contributed by atoms with Crippen LogP contribution in [0.3, 0.4) is 0 Å². The van der Waals surface area contributed by atoms with Crippen LogP contribution in [0.25, 0.3) is 0 Å². The zero-order chi connectivity index (χ0) is 17.3. The number of aliphatic hydroxyl groups excluding tert-OH is 1. The quantitative estimate of drug-likeness (QED) is 0.786. The van der Waals surface area contributed by atoms with Gasteiger partial charge < -0.3 is 24.1 Å². The van der Waals surface area contributed by atoms with Crippen molar-refractivity contribution in [2.75, 3.05) is 33.0 Å². The molecule has 3 aliphatic carbocycles. The Kier molecular flexibility index (Phi) is 3.67. The van der Waals surface area contributed by atoms with E-state index < -0.39 is 5.79 Å². The minimum atomic E-state index is -0.576. The Morgan fingerprint density at radius 3 is 1.96 bits per heavy atom. The summed E-state index contributed by atoms with van der Waals surface area (Å²) < 4.78 is 24.7. The second-order valence-electron chi connectivity index (χ2n) is 9.39. The van der Waals surface area contributed by atoms with E-state index in [1.165, 1.54) is 6.42 Å². The molecular formula is C20H32O5. The molecule has 0 amide bonds. The molecule has 5 aliphatic rings. The zero-order valence-electron chi connectivity index (χ0n) is 15.6. The molecule has 5 atom stereocenters. The van der Waals surface area contributed by atoms with Crippen molar-refractivity contribution in [3.63, 3.8) is 0 Å². The molecule has 3 saturated carbocycles. The number of ether oxygens (including phenoxy) is 4. The molecule has 5 nitrogen and oxygen atoms in total. The van der Waals surface area contributed by atoms with Gasteiger partial charge in [-0.2, -0.15) is 0 Å². The van der Waals surface area contributed by atoms with Crippen LogP contribution in [-0.4, -0.2) is 49.7 Å². The van der Waals surface area contributed by atoms with Crippen LogP contribution >= 0.6 is 0 Å². The van der Waals surface area contributed by atoms with Gasteiger partial charge >= 0.3 is 0 Å². The molecule has 25 heavy (non-hydrogen) atoms. The summed E-state index contributed by atoms with van der Waals surface area (Å²) in [6, 6.07) is 0. The number of hydrogen-bond donors (Lipinski definition) is 1. The average molecular weight is 352 g/mol. The molecule has 0 aromatic rings. The van der Waals surface area contributed by atoms with Gasteiger partial charge in [-0.25, -0.2) is 0 Å². The monoisotopic (exact) mass is 352 g/mol. The fourth-order valence-electron chi connectivity index (χ4n) is 7.46. The van der Waals surface area contributed by atoms with E-state index in [1.54, 1.807) is 0 Å². The van der Waals surface area contributed by atoms with Gasteiger partial charge in [-0.1, -0.05) is 13.8 Å². The van der Waals surface area contributed by atoms with E-state index in [2.05, 4.69) is 13.8 Å². The fraction of sp³-hybridized carbons (Fsp3) is 1.00. The van der Waals surface area contributed by atoms with Crippen LogP contribution in [0, 0.1) is 28.6 Å². The van der Waals surface area contributed by atoms with Crippen molar-refractivity contribution in [2.24, 2.45) is 28.6 Å². The molecule has 0 aromatic heterocycles. The first kappa shape index (κ1) is 16.9. The molecule has 5 unspecified atom stereocenters. The molecule has 0 bridgehead atoms. The van der Waals surface area contributed by atoms with E-state index in [0.717, 1.165) is 45.3 Å². The second-order valence-corrected chi connectivity index (χ2v) is 9.39. The lowest BCUT2D eigenvalue weighted by molar-refractivity contribution is -0.307. The van der Waals surface area contributed by atoms with Crippen molar-refractivity contribution < 1.29 is 24.1 Å². The number of fused-ring (bicyclic) bond motifs is 4. The van der Waals surface area contributed by atoms with E-state index >= 15 is 0 Å². The largest absolute Gasteiger partial charge is 0.396 e. The summed E-state index contributed by atoms with van der Waals surface area (Å²) in [7, 11) is 0. The van der Waals surface area contributed by atoms with Crippen LogP contribution < -0.4 is 0 Å². The average Bonchev–Trinajstić information content (AvgIpc) is 3.34. The van der Waals surface area contributed by atoms with E-state index in [-0.39, 0.29) is 23.2 Å². The Labute approximate surface area is 150 Å². The lowest BCUT2D eigenvalue weighted by Crippen LogP contribution is -2.63. The molecule has 5 rings (SSSR count). The summed E-state index contributed by atoms with van der Waals surface area (Å²) in [5, 5.41) is 10.4. The van der Waals surface area contributed by atoms with Crippen molar-refractivity contribution in [1.29, 1.82) is 0 Å². The van der Waals surface area contributed by atoms with Gasteiger partial charge in [0.1, 0.15) is 0 Å². The highest BCUT2D eigenvalue weighted by Crippen LogP contribution is 2.69. The van der Waals surface area contributed by atoms with Crippen molar-refractivity contribution in [3.05, 3.63) is 0 Å². The lowest BCUT2D eigenvalue weighted by atomic mass is 9.48. The van der Waals surface area contributed by atoms with Crippen LogP contribution in [0.4, 0.5) is 0 Å². The SMILES string of the molecule is CC1(CO)C2CCC3(C)C(CCC34OCCO4)C2CCC12OCCO2. The highest BCUT2D eigenvalue weighted by atomic mass is 16.7. The normalized spacial score (nSPS) is 50.3. The number of rotatable bonds is 1. The van der Waals surface area contributed by atoms with E-state index in [0.29, 0.717) is 31.0 Å². The van der Waals surface area contributed by atoms with Gasteiger partial charge in [0.25, 0.3) is 0 Å². The van der Waals surface area contributed by atoms with Gasteiger partial charge in [0.15, 0.2) is 11.6 Å². The summed E-state index contributed by atoms with van der Waals surface area (Å²) in [6.07, 6.45) is 6.41. The van der Waals surface area contributed by atoms with Crippen LogP contribution in [0.1, 0.15) is 52.4 Å². The summed E-state index contributed by atoms with van der Waals surface area (Å²) in [4.78, 5) is 0. The molecule has 5 heteroatoms. The van der Waals surface area contributed by atoms with Crippen molar-refractivity contribution >= 4 is 0 Å². The van der Waals surface area contributed by atoms with Crippen LogP contribution in [0.5, 0.6) is 0 Å². The third-order valence-electron chi connectivity index (χ3n) is 8.81. The molecule has 2 spiro atoms. The van der Waals surface area contributed by atoms with Crippen molar-refractivity contribution in [1.82, 2.24) is 0 Å². The minimum absolute atomic E-state index is 0.100. The van der Waals surface area contributed by atoms with Gasteiger partial charge in [-0.05, 0) is 43.4 Å². The standard InChI is InChI=1S/C20H32O5/c1-17-6-4-16-14(15(17)5-8-19(17)22-9-10-23-19)3-7-20(18(16,2)13-21)24-11-12-25-20/h14-16,21H,3-13H2,1-2H3. The first-order valence-corrected chi connectivity index (χ1v) is 10.2. The number of aliphatic hydroxyl groups is 1. The van der Waals surface area contributed by atoms with Crippen molar-refractivity contribution in [2.45, 2.75) is 63.9 Å². The lowest BCUT2D eigenvalue weighted by Gasteiger charge is -2.61.